The molecule has 1 heterocycles. The molecule has 1 atom stereocenters. The summed E-state index contributed by atoms with van der Waals surface area (Å²) in [6.07, 6.45) is 2.41. The molecule has 0 radical (unpaired) electrons. The number of nitrogens with zero attached hydrogens (tertiary/aromatic N) is 1. The van der Waals surface area contributed by atoms with E-state index in [2.05, 4.69) is 10.3 Å². The molecule has 3 aromatic rings. The van der Waals surface area contributed by atoms with Crippen molar-refractivity contribution in [3.63, 3.8) is 0 Å². The fourth-order valence-electron chi connectivity index (χ4n) is 3.18. The molecule has 5 nitrogen and oxygen atoms in total. The third kappa shape index (κ3) is 4.07. The van der Waals surface area contributed by atoms with Gasteiger partial charge in [0.1, 0.15) is 0 Å². The van der Waals surface area contributed by atoms with E-state index >= 15 is 0 Å². The van der Waals surface area contributed by atoms with E-state index in [0.29, 0.717) is 6.42 Å². The predicted octanol–water partition coefficient (Wildman–Crippen LogP) is 3.62. The SMILES string of the molecule is C[C@@](Cc1nc2ccccc2s1)(C(=O)OCC(=O)NC1CC1)c1ccccc1. The van der Waals surface area contributed by atoms with Gasteiger partial charge in [-0.2, -0.15) is 0 Å². The molecular formula is C22H22N2O3S. The van der Waals surface area contributed by atoms with Crippen molar-refractivity contribution in [2.45, 2.75) is 37.6 Å². The third-order valence-corrected chi connectivity index (χ3v) is 6.02. The summed E-state index contributed by atoms with van der Waals surface area (Å²) in [5, 5.41) is 3.71. The van der Waals surface area contributed by atoms with Gasteiger partial charge in [0.15, 0.2) is 6.61 Å². The maximum absolute atomic E-state index is 13.1. The molecule has 0 unspecified atom stereocenters. The Morgan fingerprint density at radius 1 is 1.14 bits per heavy atom. The first-order valence-corrected chi connectivity index (χ1v) is 10.2. The summed E-state index contributed by atoms with van der Waals surface area (Å²) in [5.41, 5.74) is 0.853. The van der Waals surface area contributed by atoms with Gasteiger partial charge in [0.05, 0.1) is 20.6 Å². The topological polar surface area (TPSA) is 68.3 Å². The van der Waals surface area contributed by atoms with Crippen LogP contribution in [0.25, 0.3) is 10.2 Å². The molecule has 0 aliphatic heterocycles. The summed E-state index contributed by atoms with van der Waals surface area (Å²) in [6, 6.07) is 17.7. The highest BCUT2D eigenvalue weighted by molar-refractivity contribution is 7.18. The highest BCUT2D eigenvalue weighted by Crippen LogP contribution is 2.33. The van der Waals surface area contributed by atoms with E-state index < -0.39 is 11.4 Å². The van der Waals surface area contributed by atoms with Crippen LogP contribution in [0.3, 0.4) is 0 Å². The summed E-state index contributed by atoms with van der Waals surface area (Å²) >= 11 is 1.58. The van der Waals surface area contributed by atoms with Crippen LogP contribution in [0.2, 0.25) is 0 Å². The average molecular weight is 394 g/mol. The van der Waals surface area contributed by atoms with Crippen molar-refractivity contribution in [3.8, 4) is 0 Å². The van der Waals surface area contributed by atoms with E-state index in [0.717, 1.165) is 33.6 Å². The van der Waals surface area contributed by atoms with Crippen LogP contribution in [0.4, 0.5) is 0 Å². The van der Waals surface area contributed by atoms with Gasteiger partial charge in [-0.25, -0.2) is 4.98 Å². The molecule has 1 aromatic heterocycles. The second-order valence-corrected chi connectivity index (χ2v) is 8.48. The van der Waals surface area contributed by atoms with Crippen LogP contribution in [0.5, 0.6) is 0 Å². The molecule has 1 saturated carbocycles. The molecule has 1 aliphatic carbocycles. The summed E-state index contributed by atoms with van der Waals surface area (Å²) in [4.78, 5) is 29.7. The number of aromatic nitrogens is 1. The monoisotopic (exact) mass is 394 g/mol. The molecule has 0 saturated heterocycles. The standard InChI is InChI=1S/C22H22N2O3S/c1-22(15-7-3-2-4-8-15,21(26)27-14-19(25)23-16-11-12-16)13-20-24-17-9-5-6-10-18(17)28-20/h2-10,16H,11-14H2,1H3,(H,23,25)/t22-/m0/s1. The number of ether oxygens (including phenoxy) is 1. The summed E-state index contributed by atoms with van der Waals surface area (Å²) < 4.78 is 6.51. The van der Waals surface area contributed by atoms with Gasteiger partial charge in [0, 0.05) is 12.5 Å². The fourth-order valence-corrected chi connectivity index (χ4v) is 4.31. The molecule has 1 aliphatic rings. The minimum absolute atomic E-state index is 0.244. The van der Waals surface area contributed by atoms with Gasteiger partial charge in [0.25, 0.3) is 5.91 Å². The lowest BCUT2D eigenvalue weighted by atomic mass is 9.79. The Morgan fingerprint density at radius 3 is 2.57 bits per heavy atom. The Hall–Kier alpha value is -2.73. The van der Waals surface area contributed by atoms with Gasteiger partial charge < -0.3 is 10.1 Å². The number of carbonyl (C=O) groups is 2. The van der Waals surface area contributed by atoms with Crippen molar-refractivity contribution in [1.82, 2.24) is 10.3 Å². The van der Waals surface area contributed by atoms with Crippen molar-refractivity contribution in [1.29, 1.82) is 0 Å². The van der Waals surface area contributed by atoms with Gasteiger partial charge in [-0.1, -0.05) is 42.5 Å². The molecule has 2 aromatic carbocycles. The maximum atomic E-state index is 13.1. The van der Waals surface area contributed by atoms with Gasteiger partial charge in [-0.05, 0) is 37.5 Å². The lowest BCUT2D eigenvalue weighted by Gasteiger charge is -2.27. The number of rotatable bonds is 7. The zero-order valence-electron chi connectivity index (χ0n) is 15.7. The quantitative estimate of drug-likeness (QED) is 0.622. The molecule has 0 spiro atoms. The Bertz CT molecular complexity index is 964. The lowest BCUT2D eigenvalue weighted by Crippen LogP contribution is -2.39. The molecule has 1 N–H and O–H groups in total. The minimum Gasteiger partial charge on any atom is -0.455 e. The van der Waals surface area contributed by atoms with E-state index in [9.17, 15) is 9.59 Å². The Labute approximate surface area is 167 Å². The van der Waals surface area contributed by atoms with Crippen LogP contribution in [0, 0.1) is 0 Å². The van der Waals surface area contributed by atoms with Gasteiger partial charge >= 0.3 is 5.97 Å². The molecular weight excluding hydrogens is 372 g/mol. The number of nitrogens with one attached hydrogen (secondary N) is 1. The van der Waals surface area contributed by atoms with E-state index in [1.807, 2.05) is 61.5 Å². The van der Waals surface area contributed by atoms with Crippen LogP contribution >= 0.6 is 11.3 Å². The largest absolute Gasteiger partial charge is 0.455 e. The van der Waals surface area contributed by atoms with E-state index in [1.54, 1.807) is 11.3 Å². The van der Waals surface area contributed by atoms with E-state index in [1.165, 1.54) is 0 Å². The van der Waals surface area contributed by atoms with Crippen LogP contribution < -0.4 is 5.32 Å². The Kier molecular flexibility index (Phi) is 5.13. The minimum atomic E-state index is -0.922. The van der Waals surface area contributed by atoms with Crippen LogP contribution in [-0.2, 0) is 26.2 Å². The first kappa shape index (κ1) is 18.6. The zero-order chi connectivity index (χ0) is 19.6. The van der Waals surface area contributed by atoms with Gasteiger partial charge in [-0.3, -0.25) is 9.59 Å². The molecule has 0 bridgehead atoms. The molecule has 28 heavy (non-hydrogen) atoms. The highest BCUT2D eigenvalue weighted by atomic mass is 32.1. The van der Waals surface area contributed by atoms with Crippen molar-refractivity contribution >= 4 is 33.4 Å². The Balaban J connectivity index is 1.56. The van der Waals surface area contributed by atoms with Crippen LogP contribution in [0.1, 0.15) is 30.3 Å². The van der Waals surface area contributed by atoms with Crippen molar-refractivity contribution in [2.75, 3.05) is 6.61 Å². The Morgan fingerprint density at radius 2 is 1.86 bits per heavy atom. The van der Waals surface area contributed by atoms with Gasteiger partial charge in [-0.15, -0.1) is 11.3 Å². The summed E-state index contributed by atoms with van der Waals surface area (Å²) in [7, 11) is 0. The van der Waals surface area contributed by atoms with Gasteiger partial charge in [0.2, 0.25) is 0 Å². The number of benzene rings is 2. The lowest BCUT2D eigenvalue weighted by molar-refractivity contribution is -0.154. The number of carbonyl (C=O) groups excluding carboxylic acids is 2. The molecule has 1 amide bonds. The third-order valence-electron chi connectivity index (χ3n) is 4.98. The van der Waals surface area contributed by atoms with Crippen LogP contribution in [-0.4, -0.2) is 29.5 Å². The second kappa shape index (κ2) is 7.72. The second-order valence-electron chi connectivity index (χ2n) is 7.37. The number of fused-ring (bicyclic) bond motifs is 1. The molecule has 6 heteroatoms. The highest BCUT2D eigenvalue weighted by Gasteiger charge is 2.38. The van der Waals surface area contributed by atoms with E-state index in [-0.39, 0.29) is 18.6 Å². The predicted molar refractivity (Wildman–Crippen MR) is 109 cm³/mol. The maximum Gasteiger partial charge on any atom is 0.317 e. The zero-order valence-corrected chi connectivity index (χ0v) is 16.5. The number of amides is 1. The smallest absolute Gasteiger partial charge is 0.317 e. The number of para-hydroxylation sites is 1. The molecule has 1 fully saturated rings. The number of hydrogen-bond donors (Lipinski definition) is 1. The van der Waals surface area contributed by atoms with Crippen molar-refractivity contribution in [2.24, 2.45) is 0 Å². The average Bonchev–Trinajstić information content (AvgIpc) is 3.42. The first-order chi connectivity index (χ1) is 13.5. The van der Waals surface area contributed by atoms with Crippen molar-refractivity contribution < 1.29 is 14.3 Å². The number of hydrogen-bond acceptors (Lipinski definition) is 5. The fraction of sp³-hybridized carbons (Fsp3) is 0.318. The van der Waals surface area contributed by atoms with Crippen molar-refractivity contribution in [3.05, 3.63) is 65.2 Å². The number of thiazole rings is 1. The number of esters is 1. The summed E-state index contributed by atoms with van der Waals surface area (Å²) in [6.45, 7) is 1.60. The normalized spacial score (nSPS) is 15.8. The molecule has 144 valence electrons. The summed E-state index contributed by atoms with van der Waals surface area (Å²) in [5.74, 6) is -0.657. The molecule has 4 rings (SSSR count). The van der Waals surface area contributed by atoms with E-state index in [4.69, 9.17) is 4.74 Å². The first-order valence-electron chi connectivity index (χ1n) is 9.41. The van der Waals surface area contributed by atoms with Crippen LogP contribution in [0.15, 0.2) is 54.6 Å².